The molecule has 1 aliphatic heterocycles. The number of fused-ring (bicyclic) bond motifs is 3. The number of allylic oxidation sites excluding steroid dienone is 1. The minimum Gasteiger partial charge on any atom is -0.206 e. The lowest BCUT2D eigenvalue weighted by atomic mass is 9.75. The van der Waals surface area contributed by atoms with Gasteiger partial charge in [0.1, 0.15) is 5.82 Å². The summed E-state index contributed by atoms with van der Waals surface area (Å²) in [6, 6.07) is 5.94. The zero-order valence-corrected chi connectivity index (χ0v) is 12.6. The fraction of sp³-hybridized carbons (Fsp3) is 0.278. The lowest BCUT2D eigenvalue weighted by molar-refractivity contribution is -0.741. The molecule has 0 saturated heterocycles. The summed E-state index contributed by atoms with van der Waals surface area (Å²) in [5, 5.41) is 0. The average Bonchev–Trinajstić information content (AvgIpc) is 2.52. The Morgan fingerprint density at radius 2 is 1.73 bits per heavy atom. The van der Waals surface area contributed by atoms with Crippen molar-refractivity contribution in [2.75, 3.05) is 0 Å². The minimum absolute atomic E-state index is 0.0348. The highest BCUT2D eigenvalue weighted by Gasteiger charge is 2.49. The zero-order valence-electron chi connectivity index (χ0n) is 12.6. The molecule has 0 radical (unpaired) electrons. The molecule has 0 bridgehead atoms. The molecule has 1 aromatic heterocycles. The fourth-order valence-corrected chi connectivity index (χ4v) is 3.54. The van der Waals surface area contributed by atoms with Crippen molar-refractivity contribution in [1.82, 2.24) is 0 Å². The van der Waals surface area contributed by atoms with E-state index in [4.69, 9.17) is 0 Å². The predicted molar refractivity (Wildman–Crippen MR) is 79.5 cm³/mol. The van der Waals surface area contributed by atoms with Crippen LogP contribution >= 0.6 is 0 Å². The first-order valence-corrected chi connectivity index (χ1v) is 7.36. The van der Waals surface area contributed by atoms with E-state index in [1.54, 1.807) is 12.1 Å². The SMILES string of the molecule is C=C1c2c(F)c(F)cc(F)c2-c2cccc[n+]2C1(CC)CC. The molecule has 1 aliphatic rings. The molecule has 1 aromatic carbocycles. The summed E-state index contributed by atoms with van der Waals surface area (Å²) in [4.78, 5) is 0. The average molecular weight is 304 g/mol. The lowest BCUT2D eigenvalue weighted by Gasteiger charge is -2.34. The van der Waals surface area contributed by atoms with Gasteiger partial charge in [0.05, 0.1) is 5.56 Å². The van der Waals surface area contributed by atoms with Gasteiger partial charge in [-0.25, -0.2) is 13.2 Å². The number of halogens is 3. The first-order valence-electron chi connectivity index (χ1n) is 7.36. The van der Waals surface area contributed by atoms with E-state index in [0.717, 1.165) is 0 Å². The minimum atomic E-state index is -1.18. The van der Waals surface area contributed by atoms with Crippen LogP contribution in [0.2, 0.25) is 0 Å². The number of nitrogens with zero attached hydrogens (tertiary/aromatic N) is 1. The molecule has 0 atom stereocenters. The molecule has 0 amide bonds. The van der Waals surface area contributed by atoms with E-state index in [1.807, 2.05) is 30.7 Å². The second-order valence-corrected chi connectivity index (χ2v) is 5.58. The standard InChI is InChI=1S/C18H17F3N/c1-4-18(5-2)11(3)15-16(12(19)10-13(20)17(15)21)14-8-6-7-9-22(14)18/h6-10H,3-5H2,1-2H3/q+1. The Hall–Kier alpha value is -2.10. The van der Waals surface area contributed by atoms with Crippen molar-refractivity contribution < 1.29 is 17.7 Å². The Labute approximate surface area is 127 Å². The van der Waals surface area contributed by atoms with Crippen LogP contribution in [0.25, 0.3) is 16.8 Å². The summed E-state index contributed by atoms with van der Waals surface area (Å²) < 4.78 is 44.4. The van der Waals surface area contributed by atoms with Gasteiger partial charge in [-0.15, -0.1) is 0 Å². The Kier molecular flexibility index (Phi) is 3.35. The third-order valence-electron chi connectivity index (χ3n) is 4.78. The summed E-state index contributed by atoms with van der Waals surface area (Å²) in [5.74, 6) is -2.97. The third-order valence-corrected chi connectivity index (χ3v) is 4.78. The Bertz CT molecular complexity index is 776. The van der Waals surface area contributed by atoms with Gasteiger partial charge in [-0.3, -0.25) is 0 Å². The molecular weight excluding hydrogens is 287 g/mol. The normalized spacial score (nSPS) is 15.4. The molecule has 2 aromatic rings. The molecule has 0 aliphatic carbocycles. The van der Waals surface area contributed by atoms with Crippen LogP contribution in [-0.4, -0.2) is 0 Å². The molecule has 114 valence electrons. The maximum atomic E-state index is 14.4. The van der Waals surface area contributed by atoms with Crippen molar-refractivity contribution in [3.05, 3.63) is 60.1 Å². The molecule has 0 unspecified atom stereocenters. The second kappa shape index (κ2) is 4.97. The van der Waals surface area contributed by atoms with E-state index < -0.39 is 23.0 Å². The van der Waals surface area contributed by atoms with Gasteiger partial charge in [-0.1, -0.05) is 20.4 Å². The quantitative estimate of drug-likeness (QED) is 0.564. The van der Waals surface area contributed by atoms with Crippen LogP contribution < -0.4 is 4.57 Å². The van der Waals surface area contributed by atoms with Gasteiger partial charge in [0.2, 0.25) is 5.69 Å². The van der Waals surface area contributed by atoms with E-state index in [1.165, 1.54) is 0 Å². The summed E-state index contributed by atoms with van der Waals surface area (Å²) in [6.45, 7) is 7.94. The van der Waals surface area contributed by atoms with Crippen LogP contribution in [-0.2, 0) is 5.54 Å². The summed E-state index contributed by atoms with van der Waals surface area (Å²) in [6.07, 6.45) is 3.15. The predicted octanol–water partition coefficient (Wildman–Crippen LogP) is 4.60. The number of hydrogen-bond acceptors (Lipinski definition) is 0. The van der Waals surface area contributed by atoms with Crippen LogP contribution in [0.5, 0.6) is 0 Å². The number of hydrogen-bond donors (Lipinski definition) is 0. The molecule has 2 heterocycles. The molecule has 0 N–H and O–H groups in total. The molecule has 0 fully saturated rings. The number of benzene rings is 1. The van der Waals surface area contributed by atoms with Gasteiger partial charge in [-0.2, -0.15) is 4.57 Å². The largest absolute Gasteiger partial charge is 0.216 e. The molecule has 22 heavy (non-hydrogen) atoms. The van der Waals surface area contributed by atoms with Crippen molar-refractivity contribution >= 4 is 5.57 Å². The van der Waals surface area contributed by atoms with Crippen molar-refractivity contribution in [2.24, 2.45) is 0 Å². The van der Waals surface area contributed by atoms with Crippen LogP contribution in [0.15, 0.2) is 37.0 Å². The van der Waals surface area contributed by atoms with Gasteiger partial charge < -0.3 is 0 Å². The molecular formula is C18H17F3N+. The molecule has 1 nitrogen and oxygen atoms in total. The summed E-state index contributed by atoms with van der Waals surface area (Å²) in [7, 11) is 0. The number of aromatic nitrogens is 1. The van der Waals surface area contributed by atoms with Gasteiger partial charge in [-0.05, 0) is 6.07 Å². The van der Waals surface area contributed by atoms with E-state index >= 15 is 0 Å². The number of rotatable bonds is 2. The first-order chi connectivity index (χ1) is 10.5. The van der Waals surface area contributed by atoms with Gasteiger partial charge in [0, 0.05) is 42.2 Å². The molecule has 3 rings (SSSR count). The molecule has 0 spiro atoms. The highest BCUT2D eigenvalue weighted by Crippen LogP contribution is 2.45. The number of pyridine rings is 1. The van der Waals surface area contributed by atoms with Crippen LogP contribution in [0.4, 0.5) is 13.2 Å². The summed E-state index contributed by atoms with van der Waals surface area (Å²) >= 11 is 0. The highest BCUT2D eigenvalue weighted by molar-refractivity contribution is 5.83. The van der Waals surface area contributed by atoms with Crippen molar-refractivity contribution in [2.45, 2.75) is 32.2 Å². The van der Waals surface area contributed by atoms with Crippen LogP contribution in [0.3, 0.4) is 0 Å². The molecule has 4 heteroatoms. The van der Waals surface area contributed by atoms with E-state index in [9.17, 15) is 13.2 Å². The Morgan fingerprint density at radius 1 is 1.05 bits per heavy atom. The highest BCUT2D eigenvalue weighted by atomic mass is 19.2. The van der Waals surface area contributed by atoms with E-state index in [-0.39, 0.29) is 11.1 Å². The topological polar surface area (TPSA) is 3.88 Å². The fourth-order valence-electron chi connectivity index (χ4n) is 3.54. The zero-order chi connectivity index (χ0) is 16.1. The van der Waals surface area contributed by atoms with Crippen molar-refractivity contribution in [3.8, 4) is 11.3 Å². The van der Waals surface area contributed by atoms with Crippen LogP contribution in [0, 0.1) is 17.5 Å². The second-order valence-electron chi connectivity index (χ2n) is 5.58. The lowest BCUT2D eigenvalue weighted by Crippen LogP contribution is -2.59. The smallest absolute Gasteiger partial charge is 0.206 e. The van der Waals surface area contributed by atoms with E-state index in [2.05, 4.69) is 6.58 Å². The van der Waals surface area contributed by atoms with Crippen molar-refractivity contribution in [3.63, 3.8) is 0 Å². The Balaban J connectivity index is 2.49. The van der Waals surface area contributed by atoms with E-state index in [0.29, 0.717) is 30.2 Å². The maximum Gasteiger partial charge on any atom is 0.216 e. The van der Waals surface area contributed by atoms with Crippen LogP contribution in [0.1, 0.15) is 32.3 Å². The van der Waals surface area contributed by atoms with Gasteiger partial charge in [0.25, 0.3) is 0 Å². The van der Waals surface area contributed by atoms with Crippen molar-refractivity contribution in [1.29, 1.82) is 0 Å². The van der Waals surface area contributed by atoms with Gasteiger partial charge >= 0.3 is 0 Å². The first kappa shape index (κ1) is 14.8. The summed E-state index contributed by atoms with van der Waals surface area (Å²) in [5.41, 5.74) is 0.441. The maximum absolute atomic E-state index is 14.4. The third kappa shape index (κ3) is 1.70. The Morgan fingerprint density at radius 3 is 2.36 bits per heavy atom. The monoisotopic (exact) mass is 304 g/mol. The molecule has 0 saturated carbocycles. The van der Waals surface area contributed by atoms with Gasteiger partial charge in [0.15, 0.2) is 23.4 Å².